The molecule has 0 unspecified atom stereocenters. The first-order valence-electron chi connectivity index (χ1n) is 13.4. The maximum absolute atomic E-state index is 15.6. The van der Waals surface area contributed by atoms with Crippen molar-refractivity contribution in [3.63, 3.8) is 0 Å². The molecule has 0 spiro atoms. The number of H-pyrrole nitrogens is 1. The van der Waals surface area contributed by atoms with Gasteiger partial charge in [-0.2, -0.15) is 5.10 Å². The minimum absolute atomic E-state index is 0.0281. The minimum Gasteiger partial charge on any atom is -0.496 e. The van der Waals surface area contributed by atoms with Crippen LogP contribution in [-0.2, 0) is 11.2 Å². The molecule has 9 heteroatoms. The van der Waals surface area contributed by atoms with Crippen molar-refractivity contribution in [2.75, 3.05) is 59.0 Å². The predicted molar refractivity (Wildman–Crippen MR) is 147 cm³/mol. The number of hydrogen-bond acceptors (Lipinski definition) is 6. The average molecular weight is 528 g/mol. The Kier molecular flexibility index (Phi) is 7.88. The molecule has 0 saturated carbocycles. The number of methoxy groups -OCH3 is 2. The number of hydrogen-bond donors (Lipinski definition) is 2. The molecule has 0 radical (unpaired) electrons. The number of anilines is 1. The Balaban J connectivity index is 1.48. The molecule has 3 atom stereocenters. The quantitative estimate of drug-likeness (QED) is 0.376. The summed E-state index contributed by atoms with van der Waals surface area (Å²) >= 11 is 0. The highest BCUT2D eigenvalue weighted by Crippen LogP contribution is 2.44. The van der Waals surface area contributed by atoms with Gasteiger partial charge in [0, 0.05) is 62.0 Å². The van der Waals surface area contributed by atoms with E-state index in [-0.39, 0.29) is 31.9 Å². The van der Waals surface area contributed by atoms with Gasteiger partial charge in [0.05, 0.1) is 44.2 Å². The maximum Gasteiger partial charge on any atom is 0.144 e. The average Bonchev–Trinajstić information content (AvgIpc) is 3.35. The molecule has 3 heterocycles. The van der Waals surface area contributed by atoms with Crippen LogP contribution in [0, 0.1) is 0 Å². The number of halogens is 2. The van der Waals surface area contributed by atoms with E-state index in [0.717, 1.165) is 59.5 Å². The van der Waals surface area contributed by atoms with Crippen LogP contribution < -0.4 is 10.1 Å². The largest absolute Gasteiger partial charge is 0.496 e. The number of benzene rings is 2. The molecule has 1 saturated heterocycles. The molecule has 0 aliphatic carbocycles. The highest BCUT2D eigenvalue weighted by atomic mass is 19.1. The van der Waals surface area contributed by atoms with Gasteiger partial charge < -0.3 is 14.8 Å². The second-order valence-corrected chi connectivity index (χ2v) is 11.0. The summed E-state index contributed by atoms with van der Waals surface area (Å²) in [5, 5.41) is 12.1. The van der Waals surface area contributed by atoms with Gasteiger partial charge in [0.1, 0.15) is 11.4 Å². The molecule has 0 amide bonds. The fourth-order valence-corrected chi connectivity index (χ4v) is 6.13. The Morgan fingerprint density at radius 1 is 1.18 bits per heavy atom. The van der Waals surface area contributed by atoms with Crippen LogP contribution in [0.1, 0.15) is 43.0 Å². The summed E-state index contributed by atoms with van der Waals surface area (Å²) in [6.45, 7) is 6.36. The zero-order chi connectivity index (χ0) is 26.9. The number of nitrogens with zero attached hydrogens (tertiary/aromatic N) is 3. The zero-order valence-corrected chi connectivity index (χ0v) is 22.8. The lowest BCUT2D eigenvalue weighted by Crippen LogP contribution is -2.54. The van der Waals surface area contributed by atoms with Crippen LogP contribution in [-0.4, -0.2) is 91.4 Å². The highest BCUT2D eigenvalue weighted by molar-refractivity contribution is 5.83. The number of alkyl halides is 2. The third-order valence-electron chi connectivity index (χ3n) is 7.89. The molecule has 206 valence electrons. The van der Waals surface area contributed by atoms with Crippen LogP contribution in [0.15, 0.2) is 36.5 Å². The van der Waals surface area contributed by atoms with Crippen LogP contribution in [0.5, 0.6) is 5.75 Å². The SMILES string of the molecule is COC[C@](C)(F)CN1[C@H](c2ccc(NC3CN(CCCF)C3)cc2OC)c2ccc3[nH]ncc3c2C[C@H]1C. The first kappa shape index (κ1) is 26.8. The van der Waals surface area contributed by atoms with E-state index < -0.39 is 5.67 Å². The van der Waals surface area contributed by atoms with Gasteiger partial charge in [0.2, 0.25) is 0 Å². The minimum atomic E-state index is -1.51. The van der Waals surface area contributed by atoms with E-state index in [1.54, 1.807) is 14.0 Å². The van der Waals surface area contributed by atoms with Crippen LogP contribution in [0.3, 0.4) is 0 Å². The molecule has 7 nitrogen and oxygen atoms in total. The van der Waals surface area contributed by atoms with Crippen molar-refractivity contribution in [1.82, 2.24) is 20.0 Å². The van der Waals surface area contributed by atoms with Crippen molar-refractivity contribution in [2.45, 2.75) is 50.5 Å². The molecule has 3 aromatic rings. The highest BCUT2D eigenvalue weighted by Gasteiger charge is 2.40. The van der Waals surface area contributed by atoms with E-state index in [9.17, 15) is 4.39 Å². The van der Waals surface area contributed by atoms with Crippen molar-refractivity contribution in [2.24, 2.45) is 0 Å². The third-order valence-corrected chi connectivity index (χ3v) is 7.89. The second-order valence-electron chi connectivity index (χ2n) is 11.0. The van der Waals surface area contributed by atoms with Gasteiger partial charge in [-0.3, -0.25) is 19.3 Å². The van der Waals surface area contributed by atoms with E-state index in [1.807, 2.05) is 12.3 Å². The number of likely N-dealkylation sites (tertiary alicyclic amines) is 1. The van der Waals surface area contributed by atoms with Gasteiger partial charge in [-0.15, -0.1) is 0 Å². The van der Waals surface area contributed by atoms with Crippen molar-refractivity contribution >= 4 is 16.6 Å². The number of aromatic nitrogens is 2. The van der Waals surface area contributed by atoms with Gasteiger partial charge >= 0.3 is 0 Å². The van der Waals surface area contributed by atoms with E-state index in [2.05, 4.69) is 56.5 Å². The topological polar surface area (TPSA) is 65.7 Å². The van der Waals surface area contributed by atoms with Crippen LogP contribution in [0.25, 0.3) is 10.9 Å². The zero-order valence-electron chi connectivity index (χ0n) is 22.8. The number of ether oxygens (including phenoxy) is 2. The Labute approximate surface area is 223 Å². The summed E-state index contributed by atoms with van der Waals surface area (Å²) in [6.07, 6.45) is 3.27. The van der Waals surface area contributed by atoms with Gasteiger partial charge in [0.25, 0.3) is 0 Å². The number of fused-ring (bicyclic) bond motifs is 3. The van der Waals surface area contributed by atoms with Crippen LogP contribution >= 0.6 is 0 Å². The van der Waals surface area contributed by atoms with E-state index in [4.69, 9.17) is 9.47 Å². The Hall–Kier alpha value is -2.75. The molecule has 2 aromatic carbocycles. The van der Waals surface area contributed by atoms with E-state index in [0.29, 0.717) is 12.5 Å². The van der Waals surface area contributed by atoms with Gasteiger partial charge in [-0.05, 0) is 49.9 Å². The molecule has 2 aliphatic heterocycles. The third kappa shape index (κ3) is 5.37. The van der Waals surface area contributed by atoms with Crippen LogP contribution in [0.2, 0.25) is 0 Å². The molecule has 0 bridgehead atoms. The molecular weight excluding hydrogens is 488 g/mol. The first-order chi connectivity index (χ1) is 18.3. The Morgan fingerprint density at radius 3 is 2.71 bits per heavy atom. The smallest absolute Gasteiger partial charge is 0.144 e. The van der Waals surface area contributed by atoms with Gasteiger partial charge in [0.15, 0.2) is 0 Å². The maximum atomic E-state index is 15.6. The lowest BCUT2D eigenvalue weighted by molar-refractivity contribution is 0.00207. The summed E-state index contributed by atoms with van der Waals surface area (Å²) in [4.78, 5) is 4.50. The fourth-order valence-electron chi connectivity index (χ4n) is 6.13. The van der Waals surface area contributed by atoms with Crippen molar-refractivity contribution < 1.29 is 18.3 Å². The first-order valence-corrected chi connectivity index (χ1v) is 13.4. The van der Waals surface area contributed by atoms with E-state index >= 15 is 4.39 Å². The van der Waals surface area contributed by atoms with Crippen LogP contribution in [0.4, 0.5) is 14.5 Å². The van der Waals surface area contributed by atoms with Crippen molar-refractivity contribution in [3.8, 4) is 5.75 Å². The summed E-state index contributed by atoms with van der Waals surface area (Å²) in [5.41, 5.74) is 3.86. The lowest BCUT2D eigenvalue weighted by atomic mass is 9.82. The van der Waals surface area contributed by atoms with Gasteiger partial charge in [-0.1, -0.05) is 12.1 Å². The van der Waals surface area contributed by atoms with E-state index in [1.165, 1.54) is 12.7 Å². The Bertz CT molecular complexity index is 1240. The van der Waals surface area contributed by atoms with Crippen molar-refractivity contribution in [3.05, 3.63) is 53.2 Å². The molecule has 1 fully saturated rings. The molecule has 5 rings (SSSR count). The lowest BCUT2D eigenvalue weighted by Gasteiger charge is -2.45. The standard InChI is InChI=1S/C29H39F2N5O2/c1-19-12-24-22(8-9-26-25(24)14-32-34-26)28(36(19)17-29(2,31)18-37-3)23-7-6-20(13-27(23)38-4)33-21-15-35(16-21)11-5-10-30/h6-9,13-14,19,21,28,33H,5,10-12,15-18H2,1-4H3,(H,32,34)/t19-,28+,29-/m1/s1. The summed E-state index contributed by atoms with van der Waals surface area (Å²) in [5.74, 6) is 0.762. The molecule has 1 aromatic heterocycles. The number of nitrogens with one attached hydrogen (secondary N) is 2. The van der Waals surface area contributed by atoms with Crippen molar-refractivity contribution in [1.29, 1.82) is 0 Å². The second kappa shape index (κ2) is 11.2. The number of aromatic amines is 1. The fraction of sp³-hybridized carbons (Fsp3) is 0.552. The summed E-state index contributed by atoms with van der Waals surface area (Å²) in [6, 6.07) is 10.6. The molecule has 38 heavy (non-hydrogen) atoms. The normalized spacial score (nSPS) is 22.2. The summed E-state index contributed by atoms with van der Waals surface area (Å²) in [7, 11) is 3.22. The number of rotatable bonds is 11. The molecule has 2 aliphatic rings. The monoisotopic (exact) mass is 527 g/mol. The van der Waals surface area contributed by atoms with Gasteiger partial charge in [-0.25, -0.2) is 4.39 Å². The Morgan fingerprint density at radius 2 is 1.97 bits per heavy atom. The summed E-state index contributed by atoms with van der Waals surface area (Å²) < 4.78 is 39.2. The molecule has 2 N–H and O–H groups in total. The molecular formula is C29H39F2N5O2. The predicted octanol–water partition coefficient (Wildman–Crippen LogP) is 4.74.